The predicted octanol–water partition coefficient (Wildman–Crippen LogP) is 7.60. The van der Waals surface area contributed by atoms with Crippen LogP contribution in [0.2, 0.25) is 0 Å². The summed E-state index contributed by atoms with van der Waals surface area (Å²) in [7, 11) is 0. The highest BCUT2D eigenvalue weighted by Gasteiger charge is 2.26. The monoisotopic (exact) mass is 526 g/mol. The minimum Gasteiger partial charge on any atom is -0.504 e. The van der Waals surface area contributed by atoms with Crippen LogP contribution in [-0.4, -0.2) is 31.7 Å². The number of thiazole rings is 1. The lowest BCUT2D eigenvalue weighted by Gasteiger charge is -2.27. The van der Waals surface area contributed by atoms with Crippen molar-refractivity contribution in [2.45, 2.75) is 30.6 Å². The number of pyridine rings is 2. The quantitative estimate of drug-likeness (QED) is 0.226. The first-order valence-corrected chi connectivity index (χ1v) is 13.5. The Bertz CT molecular complexity index is 1540. The summed E-state index contributed by atoms with van der Waals surface area (Å²) in [6.45, 7) is 6.57. The molecule has 6 nitrogen and oxygen atoms in total. The van der Waals surface area contributed by atoms with Crippen molar-refractivity contribution in [3.8, 4) is 33.3 Å². The van der Waals surface area contributed by atoms with Crippen LogP contribution in [-0.2, 0) is 0 Å². The number of aromatic hydroxyl groups is 2. The molecule has 0 saturated heterocycles. The van der Waals surface area contributed by atoms with Crippen molar-refractivity contribution < 1.29 is 10.2 Å². The average Bonchev–Trinajstić information content (AvgIpc) is 3.35. The molecule has 5 aromatic rings. The van der Waals surface area contributed by atoms with Gasteiger partial charge < -0.3 is 15.1 Å². The Hall–Kier alpha value is -3.88. The van der Waals surface area contributed by atoms with E-state index < -0.39 is 0 Å². The molecule has 2 aromatic carbocycles. The summed E-state index contributed by atoms with van der Waals surface area (Å²) in [5.74, 6) is -0.233. The first-order chi connectivity index (χ1) is 18.0. The van der Waals surface area contributed by atoms with Gasteiger partial charge in [0.15, 0.2) is 5.75 Å². The van der Waals surface area contributed by atoms with E-state index in [1.165, 1.54) is 23.1 Å². The molecule has 0 saturated carbocycles. The van der Waals surface area contributed by atoms with Gasteiger partial charge in [-0.1, -0.05) is 42.1 Å². The van der Waals surface area contributed by atoms with Crippen molar-refractivity contribution in [2.75, 3.05) is 11.4 Å². The number of benzene rings is 2. The van der Waals surface area contributed by atoms with Crippen molar-refractivity contribution in [3.63, 3.8) is 0 Å². The van der Waals surface area contributed by atoms with Crippen LogP contribution in [0.4, 0.5) is 11.4 Å². The third-order valence-electron chi connectivity index (χ3n) is 6.00. The first-order valence-electron chi connectivity index (χ1n) is 11.9. The zero-order valence-electron chi connectivity index (χ0n) is 20.7. The second-order valence-electron chi connectivity index (χ2n) is 8.45. The number of anilines is 2. The van der Waals surface area contributed by atoms with Crippen LogP contribution in [0.5, 0.6) is 11.6 Å². The van der Waals surface area contributed by atoms with Crippen molar-refractivity contribution in [2.24, 2.45) is 0 Å². The van der Waals surface area contributed by atoms with Gasteiger partial charge in [0.2, 0.25) is 5.88 Å². The van der Waals surface area contributed by atoms with E-state index in [1.807, 2.05) is 92.5 Å². The molecule has 3 aromatic heterocycles. The van der Waals surface area contributed by atoms with Gasteiger partial charge in [-0.2, -0.15) is 0 Å². The molecule has 0 radical (unpaired) electrons. The Morgan fingerprint density at radius 3 is 2.35 bits per heavy atom. The summed E-state index contributed by atoms with van der Waals surface area (Å²) in [5.41, 5.74) is 5.26. The van der Waals surface area contributed by atoms with E-state index in [9.17, 15) is 10.2 Å². The van der Waals surface area contributed by atoms with E-state index in [-0.39, 0.29) is 11.6 Å². The summed E-state index contributed by atoms with van der Waals surface area (Å²) in [5, 5.41) is 23.5. The molecule has 8 heteroatoms. The number of nitrogens with zero attached hydrogens (tertiary/aromatic N) is 4. The Labute approximate surface area is 224 Å². The molecule has 2 N–H and O–H groups in total. The van der Waals surface area contributed by atoms with Crippen LogP contribution in [0.3, 0.4) is 0 Å². The third-order valence-corrected chi connectivity index (χ3v) is 8.01. The Balaban J connectivity index is 1.59. The van der Waals surface area contributed by atoms with Crippen molar-refractivity contribution >= 4 is 34.5 Å². The minimum absolute atomic E-state index is 0.0155. The topological polar surface area (TPSA) is 82.4 Å². The molecule has 186 valence electrons. The van der Waals surface area contributed by atoms with Gasteiger partial charge in [0.25, 0.3) is 0 Å². The maximum absolute atomic E-state index is 11.6. The van der Waals surface area contributed by atoms with Crippen LogP contribution in [0, 0.1) is 13.8 Å². The molecule has 3 heterocycles. The number of hydrogen-bond acceptors (Lipinski definition) is 8. The van der Waals surface area contributed by atoms with Gasteiger partial charge in [-0.15, -0.1) is 11.3 Å². The van der Waals surface area contributed by atoms with Crippen molar-refractivity contribution in [1.29, 1.82) is 0 Å². The maximum Gasteiger partial charge on any atom is 0.229 e. The lowest BCUT2D eigenvalue weighted by molar-refractivity contribution is 0.414. The Morgan fingerprint density at radius 2 is 1.70 bits per heavy atom. The van der Waals surface area contributed by atoms with Crippen LogP contribution < -0.4 is 4.90 Å². The summed E-state index contributed by atoms with van der Waals surface area (Å²) in [6.07, 6.45) is 5.36. The van der Waals surface area contributed by atoms with E-state index >= 15 is 0 Å². The zero-order valence-corrected chi connectivity index (χ0v) is 22.3. The summed E-state index contributed by atoms with van der Waals surface area (Å²) < 4.78 is 0. The molecule has 0 atom stereocenters. The molecular weight excluding hydrogens is 500 g/mol. The fourth-order valence-electron chi connectivity index (χ4n) is 4.22. The molecule has 0 spiro atoms. The highest BCUT2D eigenvalue weighted by Crippen LogP contribution is 2.51. The smallest absolute Gasteiger partial charge is 0.229 e. The van der Waals surface area contributed by atoms with Gasteiger partial charge in [0, 0.05) is 35.7 Å². The molecule has 0 aliphatic carbocycles. The van der Waals surface area contributed by atoms with E-state index in [2.05, 4.69) is 15.0 Å². The molecule has 0 aliphatic heterocycles. The molecule has 0 amide bonds. The van der Waals surface area contributed by atoms with Gasteiger partial charge in [-0.05, 0) is 67.8 Å². The van der Waals surface area contributed by atoms with Crippen LogP contribution in [0.25, 0.3) is 21.7 Å². The van der Waals surface area contributed by atoms with Crippen LogP contribution in [0.15, 0.2) is 89.0 Å². The molecule has 0 unspecified atom stereocenters. The normalized spacial score (nSPS) is 11.0. The standard InChI is InChI=1S/C29H26N4O2S2/c1-4-33(21-8-6-5-7-9-21)26-25(24-17-31-19(3)36-24)32-29(35)28(27(26)34)37-22-12-10-20(11-13-22)23-14-15-30-16-18(23)2/h5-17H,4H2,1-3H3,(H2,32,34,35). The molecule has 0 fully saturated rings. The first kappa shape index (κ1) is 24.8. The van der Waals surface area contributed by atoms with Crippen molar-refractivity contribution in [1.82, 2.24) is 15.0 Å². The maximum atomic E-state index is 11.6. The fraction of sp³-hybridized carbons (Fsp3) is 0.138. The molecule has 0 aliphatic rings. The largest absolute Gasteiger partial charge is 0.504 e. The van der Waals surface area contributed by atoms with Gasteiger partial charge in [0.05, 0.1) is 9.88 Å². The van der Waals surface area contributed by atoms with E-state index in [0.717, 1.165) is 37.2 Å². The second kappa shape index (κ2) is 10.6. The average molecular weight is 527 g/mol. The third kappa shape index (κ3) is 5.03. The number of rotatable bonds is 7. The minimum atomic E-state index is -0.217. The van der Waals surface area contributed by atoms with Gasteiger partial charge in [-0.3, -0.25) is 4.98 Å². The number of aromatic nitrogens is 3. The number of hydrogen-bond donors (Lipinski definition) is 2. The number of para-hydroxylation sites is 1. The molecular formula is C29H26N4O2S2. The second-order valence-corrected chi connectivity index (χ2v) is 10.8. The highest BCUT2D eigenvalue weighted by molar-refractivity contribution is 7.99. The van der Waals surface area contributed by atoms with E-state index in [4.69, 9.17) is 0 Å². The lowest BCUT2D eigenvalue weighted by atomic mass is 10.0. The molecule has 0 bridgehead atoms. The van der Waals surface area contributed by atoms with E-state index in [0.29, 0.717) is 22.8 Å². The summed E-state index contributed by atoms with van der Waals surface area (Å²) in [4.78, 5) is 17.1. The molecule has 37 heavy (non-hydrogen) atoms. The summed E-state index contributed by atoms with van der Waals surface area (Å²) in [6, 6.07) is 19.9. The Kier molecular flexibility index (Phi) is 7.12. The lowest BCUT2D eigenvalue weighted by Crippen LogP contribution is -2.17. The van der Waals surface area contributed by atoms with Crippen LogP contribution >= 0.6 is 23.1 Å². The van der Waals surface area contributed by atoms with Crippen LogP contribution in [0.1, 0.15) is 17.5 Å². The molecule has 5 rings (SSSR count). The van der Waals surface area contributed by atoms with Gasteiger partial charge >= 0.3 is 0 Å². The predicted molar refractivity (Wildman–Crippen MR) is 151 cm³/mol. The SMILES string of the molecule is CCN(c1ccccc1)c1c(-c2cnc(C)s2)nc(O)c(Sc2ccc(-c3ccncc3C)cc2)c1O. The summed E-state index contributed by atoms with van der Waals surface area (Å²) >= 11 is 2.75. The van der Waals surface area contributed by atoms with Gasteiger partial charge in [0.1, 0.15) is 16.3 Å². The highest BCUT2D eigenvalue weighted by atomic mass is 32.2. The fourth-order valence-corrected chi connectivity index (χ4v) is 5.83. The van der Waals surface area contributed by atoms with Gasteiger partial charge in [-0.25, -0.2) is 9.97 Å². The Morgan fingerprint density at radius 1 is 0.946 bits per heavy atom. The number of aryl methyl sites for hydroxylation is 2. The zero-order chi connectivity index (χ0) is 25.9. The van der Waals surface area contributed by atoms with E-state index in [1.54, 1.807) is 12.4 Å². The van der Waals surface area contributed by atoms with Crippen molar-refractivity contribution in [3.05, 3.63) is 89.8 Å².